The van der Waals surface area contributed by atoms with Crippen LogP contribution in [-0.4, -0.2) is 87.9 Å². The Bertz CT molecular complexity index is 1240. The van der Waals surface area contributed by atoms with Crippen LogP contribution >= 0.6 is 0 Å². The lowest BCUT2D eigenvalue weighted by Gasteiger charge is -2.25. The minimum Gasteiger partial charge on any atom is -0.480 e. The smallest absolute Gasteiger partial charge is 0.326 e. The van der Waals surface area contributed by atoms with Crippen LogP contribution in [0.15, 0.2) is 42.9 Å². The van der Waals surface area contributed by atoms with Crippen molar-refractivity contribution in [3.63, 3.8) is 0 Å². The number of aliphatic carboxylic acids is 1. The van der Waals surface area contributed by atoms with E-state index in [0.717, 1.165) is 0 Å². The Labute approximate surface area is 254 Å². The predicted octanol–water partition coefficient (Wildman–Crippen LogP) is -2.41. The van der Waals surface area contributed by atoms with Crippen molar-refractivity contribution in [2.45, 2.75) is 62.7 Å². The highest BCUT2D eigenvalue weighted by molar-refractivity contribution is 5.94. The maximum atomic E-state index is 13.5. The molecule has 0 fully saturated rings. The SMILES string of the molecule is N=C(N)NCCC[C@H](NC(=O)[C@H](Cc1ccccc1)NC(=O)[C@H](CCCNC(=N)N)NC(=O)[C@@H](N)Cc1c[nH]cn1)C(=O)O. The van der Waals surface area contributed by atoms with Crippen LogP contribution in [0.2, 0.25) is 0 Å². The van der Waals surface area contributed by atoms with Crippen molar-refractivity contribution in [2.75, 3.05) is 13.1 Å². The van der Waals surface area contributed by atoms with Gasteiger partial charge in [-0.2, -0.15) is 0 Å². The first-order chi connectivity index (χ1) is 21.0. The quantitative estimate of drug-likeness (QED) is 0.0449. The van der Waals surface area contributed by atoms with Gasteiger partial charge in [0.2, 0.25) is 17.7 Å². The number of aromatic amines is 1. The number of nitrogens with one attached hydrogen (secondary N) is 8. The molecule has 0 saturated carbocycles. The second-order valence-corrected chi connectivity index (χ2v) is 10.0. The third kappa shape index (κ3) is 13.2. The Balaban J connectivity index is 2.19. The number of hydrogen-bond donors (Lipinski definition) is 12. The standard InChI is InChI=1S/C27H42N12O5/c28-18(13-17-14-33-15-36-17)22(40)37-19(8-4-10-34-26(29)30)23(41)39-21(12-16-6-2-1-3-7-16)24(42)38-20(25(43)44)9-5-11-35-27(31)32/h1-3,6-7,14-15,18-21H,4-5,8-13,28H2,(H,33,36)(H,37,40)(H,38,42)(H,39,41)(H,43,44)(H4,29,30,34)(H4,31,32,35)/t18-,19-,20-,21-/m0/s1. The first kappa shape index (κ1) is 35.0. The minimum absolute atomic E-state index is 0.0435. The molecule has 2 rings (SSSR count). The number of imidazole rings is 1. The van der Waals surface area contributed by atoms with Crippen molar-refractivity contribution in [3.05, 3.63) is 54.1 Å². The third-order valence-corrected chi connectivity index (χ3v) is 6.45. The van der Waals surface area contributed by atoms with Gasteiger partial charge in [-0.05, 0) is 31.2 Å². The fourth-order valence-corrected chi connectivity index (χ4v) is 4.19. The molecule has 0 unspecified atom stereocenters. The van der Waals surface area contributed by atoms with Gasteiger partial charge in [0, 0.05) is 32.1 Å². The zero-order valence-electron chi connectivity index (χ0n) is 24.3. The molecular formula is C27H42N12O5. The van der Waals surface area contributed by atoms with Crippen molar-refractivity contribution in [2.24, 2.45) is 17.2 Å². The van der Waals surface area contributed by atoms with E-state index in [-0.39, 0.29) is 50.7 Å². The Morgan fingerprint density at radius 3 is 1.91 bits per heavy atom. The molecule has 240 valence electrons. The summed E-state index contributed by atoms with van der Waals surface area (Å²) in [5.74, 6) is -3.79. The molecule has 17 heteroatoms. The summed E-state index contributed by atoms with van der Waals surface area (Å²) in [5, 5.41) is 37.2. The number of carboxylic acid groups (broad SMARTS) is 1. The molecule has 0 aliphatic carbocycles. The predicted molar refractivity (Wildman–Crippen MR) is 162 cm³/mol. The van der Waals surface area contributed by atoms with Crippen molar-refractivity contribution in [1.29, 1.82) is 10.8 Å². The number of guanidine groups is 2. The summed E-state index contributed by atoms with van der Waals surface area (Å²) in [7, 11) is 0. The highest BCUT2D eigenvalue weighted by atomic mass is 16.4. The molecule has 1 aromatic heterocycles. The van der Waals surface area contributed by atoms with Crippen LogP contribution < -0.4 is 43.8 Å². The molecule has 0 aliphatic rings. The lowest BCUT2D eigenvalue weighted by Crippen LogP contribution is -2.58. The number of amides is 3. The van der Waals surface area contributed by atoms with Gasteiger partial charge in [-0.15, -0.1) is 0 Å². The van der Waals surface area contributed by atoms with Gasteiger partial charge in [-0.3, -0.25) is 25.2 Å². The Hall–Kier alpha value is -5.19. The molecule has 0 aliphatic heterocycles. The molecular weight excluding hydrogens is 572 g/mol. The summed E-state index contributed by atoms with van der Waals surface area (Å²) < 4.78 is 0. The fourth-order valence-electron chi connectivity index (χ4n) is 4.19. The average molecular weight is 615 g/mol. The largest absolute Gasteiger partial charge is 0.480 e. The molecule has 4 atom stereocenters. The van der Waals surface area contributed by atoms with Crippen LogP contribution in [0.25, 0.3) is 0 Å². The number of benzene rings is 1. The molecule has 1 aromatic carbocycles. The highest BCUT2D eigenvalue weighted by Gasteiger charge is 2.30. The zero-order valence-corrected chi connectivity index (χ0v) is 24.3. The van der Waals surface area contributed by atoms with Gasteiger partial charge in [0.05, 0.1) is 18.1 Å². The number of hydrogen-bond acceptors (Lipinski definition) is 8. The van der Waals surface area contributed by atoms with Gasteiger partial charge >= 0.3 is 5.97 Å². The van der Waals surface area contributed by atoms with Crippen LogP contribution in [0.1, 0.15) is 36.9 Å². The van der Waals surface area contributed by atoms with E-state index in [1.54, 1.807) is 36.5 Å². The van der Waals surface area contributed by atoms with E-state index in [4.69, 9.17) is 28.0 Å². The van der Waals surface area contributed by atoms with Crippen LogP contribution in [-0.2, 0) is 32.0 Å². The van der Waals surface area contributed by atoms with Crippen LogP contribution in [0.4, 0.5) is 0 Å². The Morgan fingerprint density at radius 1 is 0.818 bits per heavy atom. The maximum Gasteiger partial charge on any atom is 0.326 e. The molecule has 3 amide bonds. The molecule has 0 saturated heterocycles. The Morgan fingerprint density at radius 2 is 1.36 bits per heavy atom. The van der Waals surface area contributed by atoms with Crippen molar-refractivity contribution < 1.29 is 24.3 Å². The van der Waals surface area contributed by atoms with E-state index >= 15 is 0 Å². The first-order valence-electron chi connectivity index (χ1n) is 14.0. The minimum atomic E-state index is -1.26. The molecule has 0 spiro atoms. The second-order valence-electron chi connectivity index (χ2n) is 10.0. The number of carbonyl (C=O) groups excluding carboxylic acids is 3. The topological polar surface area (TPSA) is 303 Å². The monoisotopic (exact) mass is 614 g/mol. The van der Waals surface area contributed by atoms with E-state index in [1.165, 1.54) is 6.33 Å². The van der Waals surface area contributed by atoms with Gasteiger partial charge in [0.1, 0.15) is 18.1 Å². The van der Waals surface area contributed by atoms with E-state index < -0.39 is 47.9 Å². The molecule has 17 nitrogen and oxygen atoms in total. The highest BCUT2D eigenvalue weighted by Crippen LogP contribution is 2.08. The molecule has 44 heavy (non-hydrogen) atoms. The van der Waals surface area contributed by atoms with E-state index in [1.807, 2.05) is 0 Å². The molecule has 1 heterocycles. The number of nitrogens with two attached hydrogens (primary N) is 3. The summed E-state index contributed by atoms with van der Waals surface area (Å²) in [6.45, 7) is 0.488. The normalized spacial score (nSPS) is 13.4. The molecule has 15 N–H and O–H groups in total. The first-order valence-corrected chi connectivity index (χ1v) is 14.0. The number of H-pyrrole nitrogens is 1. The molecule has 0 bridgehead atoms. The van der Waals surface area contributed by atoms with Gasteiger partial charge in [0.25, 0.3) is 0 Å². The number of rotatable bonds is 19. The second kappa shape index (κ2) is 18.4. The van der Waals surface area contributed by atoms with Crippen LogP contribution in [0.5, 0.6) is 0 Å². The number of aromatic nitrogens is 2. The number of carboxylic acids is 1. The summed E-state index contributed by atoms with van der Waals surface area (Å²) in [6.07, 6.45) is 4.01. The van der Waals surface area contributed by atoms with Gasteiger partial charge in [-0.1, -0.05) is 30.3 Å². The van der Waals surface area contributed by atoms with Crippen LogP contribution in [0, 0.1) is 10.8 Å². The van der Waals surface area contributed by atoms with Crippen LogP contribution in [0.3, 0.4) is 0 Å². The molecule has 0 radical (unpaired) electrons. The summed E-state index contributed by atoms with van der Waals surface area (Å²) in [6, 6.07) is 4.26. The number of carbonyl (C=O) groups is 4. The lowest BCUT2D eigenvalue weighted by molar-refractivity contribution is -0.142. The average Bonchev–Trinajstić information content (AvgIpc) is 3.48. The van der Waals surface area contributed by atoms with Gasteiger partial charge in [0.15, 0.2) is 11.9 Å². The number of nitrogens with zero attached hydrogens (tertiary/aromatic N) is 1. The lowest BCUT2D eigenvalue weighted by atomic mass is 10.0. The maximum absolute atomic E-state index is 13.5. The van der Waals surface area contributed by atoms with E-state index in [0.29, 0.717) is 24.1 Å². The van der Waals surface area contributed by atoms with Crippen molar-refractivity contribution in [3.8, 4) is 0 Å². The van der Waals surface area contributed by atoms with Gasteiger partial charge in [-0.25, -0.2) is 9.78 Å². The molecule has 2 aromatic rings. The van der Waals surface area contributed by atoms with E-state index in [2.05, 4.69) is 36.6 Å². The summed E-state index contributed by atoms with van der Waals surface area (Å²) >= 11 is 0. The Kier molecular flexibility index (Phi) is 14.6. The van der Waals surface area contributed by atoms with E-state index in [9.17, 15) is 24.3 Å². The third-order valence-electron chi connectivity index (χ3n) is 6.45. The summed E-state index contributed by atoms with van der Waals surface area (Å²) in [5.41, 5.74) is 17.9. The van der Waals surface area contributed by atoms with Crippen molar-refractivity contribution in [1.82, 2.24) is 36.6 Å². The van der Waals surface area contributed by atoms with Crippen molar-refractivity contribution >= 4 is 35.6 Å². The zero-order chi connectivity index (χ0) is 32.5. The van der Waals surface area contributed by atoms with Gasteiger partial charge < -0.3 is 53.9 Å². The summed E-state index contributed by atoms with van der Waals surface area (Å²) in [4.78, 5) is 58.6. The fraction of sp³-hybridized carbons (Fsp3) is 0.444.